The van der Waals surface area contributed by atoms with Crippen LogP contribution in [-0.4, -0.2) is 39.0 Å². The molecule has 30 heavy (non-hydrogen) atoms. The number of hydrogen-bond acceptors (Lipinski definition) is 7. The zero-order chi connectivity index (χ0) is 21.7. The number of ether oxygens (including phenoxy) is 1. The summed E-state index contributed by atoms with van der Waals surface area (Å²) < 4.78 is 7.35. The number of aromatic nitrogens is 3. The van der Waals surface area contributed by atoms with E-state index < -0.39 is 0 Å². The molecule has 1 unspecified atom stereocenters. The number of fused-ring (bicyclic) bond motifs is 1. The molecule has 0 saturated carbocycles. The molecule has 3 rings (SSSR count). The Labute approximate surface area is 186 Å². The second-order valence-electron chi connectivity index (χ2n) is 7.52. The molecular formula is C21H30N4O3S2. The largest absolute Gasteiger partial charge is 0.462 e. The first-order chi connectivity index (χ1) is 14.5. The zero-order valence-electron chi connectivity index (χ0n) is 18.1. The van der Waals surface area contributed by atoms with Crippen molar-refractivity contribution in [3.05, 3.63) is 21.8 Å². The van der Waals surface area contributed by atoms with Crippen LogP contribution < -0.4 is 5.32 Å². The number of thiophene rings is 1. The van der Waals surface area contributed by atoms with Crippen LogP contribution in [0, 0.1) is 5.92 Å². The van der Waals surface area contributed by atoms with Gasteiger partial charge in [0.15, 0.2) is 5.16 Å². The van der Waals surface area contributed by atoms with Gasteiger partial charge in [0.25, 0.3) is 0 Å². The molecule has 1 aliphatic carbocycles. The summed E-state index contributed by atoms with van der Waals surface area (Å²) in [6.07, 6.45) is 4.63. The molecule has 9 heteroatoms. The Hall–Kier alpha value is -1.87. The zero-order valence-corrected chi connectivity index (χ0v) is 19.8. The van der Waals surface area contributed by atoms with E-state index in [1.54, 1.807) is 6.92 Å². The van der Waals surface area contributed by atoms with Gasteiger partial charge in [-0.1, -0.05) is 32.5 Å². The van der Waals surface area contributed by atoms with Crippen molar-refractivity contribution < 1.29 is 14.3 Å². The van der Waals surface area contributed by atoms with Gasteiger partial charge in [0.2, 0.25) is 5.91 Å². The van der Waals surface area contributed by atoms with Gasteiger partial charge in [0.1, 0.15) is 10.8 Å². The quantitative estimate of drug-likeness (QED) is 0.452. The van der Waals surface area contributed by atoms with Crippen LogP contribution in [0.2, 0.25) is 0 Å². The molecular weight excluding hydrogens is 420 g/mol. The molecule has 1 N–H and O–H groups in total. The Bertz CT molecular complexity index is 906. The lowest BCUT2D eigenvalue weighted by atomic mass is 9.88. The monoisotopic (exact) mass is 450 g/mol. The Morgan fingerprint density at radius 3 is 2.80 bits per heavy atom. The molecule has 1 amide bonds. The number of amides is 1. The molecule has 1 aliphatic rings. The summed E-state index contributed by atoms with van der Waals surface area (Å²) in [5.41, 5.74) is 1.60. The minimum Gasteiger partial charge on any atom is -0.462 e. The highest BCUT2D eigenvalue weighted by Gasteiger charge is 2.29. The number of anilines is 1. The van der Waals surface area contributed by atoms with E-state index in [9.17, 15) is 9.59 Å². The first kappa shape index (κ1) is 22.8. The van der Waals surface area contributed by atoms with Gasteiger partial charge < -0.3 is 14.6 Å². The van der Waals surface area contributed by atoms with Gasteiger partial charge in [0, 0.05) is 17.8 Å². The fraction of sp³-hybridized carbons (Fsp3) is 0.619. The van der Waals surface area contributed by atoms with Crippen LogP contribution in [0.4, 0.5) is 5.00 Å². The average Bonchev–Trinajstić information content (AvgIpc) is 3.26. The van der Waals surface area contributed by atoms with Crippen LogP contribution in [0.25, 0.3) is 0 Å². The van der Waals surface area contributed by atoms with Gasteiger partial charge in [0.05, 0.1) is 17.9 Å². The summed E-state index contributed by atoms with van der Waals surface area (Å²) in [5, 5.41) is 12.8. The number of esters is 1. The second-order valence-corrected chi connectivity index (χ2v) is 9.56. The number of nitrogens with zero attached hydrogens (tertiary/aromatic N) is 3. The van der Waals surface area contributed by atoms with Crippen LogP contribution in [0.3, 0.4) is 0 Å². The molecule has 2 heterocycles. The van der Waals surface area contributed by atoms with Gasteiger partial charge in [-0.3, -0.25) is 4.79 Å². The predicted molar refractivity (Wildman–Crippen MR) is 121 cm³/mol. The van der Waals surface area contributed by atoms with E-state index >= 15 is 0 Å². The smallest absolute Gasteiger partial charge is 0.341 e. The molecule has 2 aromatic heterocycles. The molecule has 0 spiro atoms. The Balaban J connectivity index is 1.74. The maximum absolute atomic E-state index is 12.7. The molecule has 7 nitrogen and oxygen atoms in total. The van der Waals surface area contributed by atoms with E-state index in [1.807, 2.05) is 6.92 Å². The van der Waals surface area contributed by atoms with Crippen molar-refractivity contribution in [2.24, 2.45) is 5.92 Å². The molecule has 0 aliphatic heterocycles. The number of rotatable bonds is 9. The van der Waals surface area contributed by atoms with E-state index in [1.165, 1.54) is 28.0 Å². The predicted octanol–water partition coefficient (Wildman–Crippen LogP) is 4.34. The van der Waals surface area contributed by atoms with E-state index in [2.05, 4.69) is 33.9 Å². The first-order valence-corrected chi connectivity index (χ1v) is 12.4. The van der Waals surface area contributed by atoms with Crippen LogP contribution in [0.15, 0.2) is 5.16 Å². The number of nitrogens with one attached hydrogen (secondary N) is 1. The lowest BCUT2D eigenvalue weighted by molar-refractivity contribution is -0.113. The van der Waals surface area contributed by atoms with E-state index in [0.717, 1.165) is 55.2 Å². The minimum absolute atomic E-state index is 0.152. The van der Waals surface area contributed by atoms with Gasteiger partial charge in [-0.25, -0.2) is 4.79 Å². The van der Waals surface area contributed by atoms with Crippen molar-refractivity contribution in [1.29, 1.82) is 0 Å². The fourth-order valence-corrected chi connectivity index (χ4v) is 5.88. The SMILES string of the molecule is CCCn1c(CC)nnc1SCC(=O)Nc1sc2c(c1C(=O)OCC)CCC(C)C2. The normalized spacial score (nSPS) is 15.7. The van der Waals surface area contributed by atoms with Crippen molar-refractivity contribution in [3.63, 3.8) is 0 Å². The van der Waals surface area contributed by atoms with Crippen molar-refractivity contribution in [2.75, 3.05) is 17.7 Å². The molecule has 164 valence electrons. The number of carbonyl (C=O) groups excluding carboxylic acids is 2. The standard InChI is InChI=1S/C21H30N4O3S2/c1-5-10-25-16(6-2)23-24-21(25)29-12-17(26)22-19-18(20(27)28-7-3)14-9-8-13(4)11-15(14)30-19/h13H,5-12H2,1-4H3,(H,22,26). The topological polar surface area (TPSA) is 86.1 Å². The number of carbonyl (C=O) groups is 2. The third-order valence-electron chi connectivity index (χ3n) is 5.13. The number of aryl methyl sites for hydroxylation is 1. The number of thioether (sulfide) groups is 1. The molecule has 2 aromatic rings. The fourth-order valence-electron chi connectivity index (χ4n) is 3.69. The summed E-state index contributed by atoms with van der Waals surface area (Å²) in [5.74, 6) is 1.24. The highest BCUT2D eigenvalue weighted by molar-refractivity contribution is 7.99. The van der Waals surface area contributed by atoms with Crippen LogP contribution in [-0.2, 0) is 35.3 Å². The van der Waals surface area contributed by atoms with Crippen molar-refractivity contribution in [3.8, 4) is 0 Å². The molecule has 1 atom stereocenters. The highest BCUT2D eigenvalue weighted by Crippen LogP contribution is 2.40. The molecule has 0 saturated heterocycles. The molecule has 0 bridgehead atoms. The van der Waals surface area contributed by atoms with Gasteiger partial charge in [-0.2, -0.15) is 0 Å². The van der Waals surface area contributed by atoms with Crippen molar-refractivity contribution >= 4 is 40.0 Å². The maximum Gasteiger partial charge on any atom is 0.341 e. The summed E-state index contributed by atoms with van der Waals surface area (Å²) in [4.78, 5) is 26.5. The lowest BCUT2D eigenvalue weighted by Crippen LogP contribution is -2.18. The van der Waals surface area contributed by atoms with Gasteiger partial charge in [-0.05, 0) is 44.1 Å². The maximum atomic E-state index is 12.7. The van der Waals surface area contributed by atoms with Crippen LogP contribution in [0.5, 0.6) is 0 Å². The summed E-state index contributed by atoms with van der Waals surface area (Å²) in [6, 6.07) is 0. The second kappa shape index (κ2) is 10.4. The minimum atomic E-state index is -0.345. The lowest BCUT2D eigenvalue weighted by Gasteiger charge is -2.18. The average molecular weight is 451 g/mol. The van der Waals surface area contributed by atoms with Gasteiger partial charge >= 0.3 is 5.97 Å². The summed E-state index contributed by atoms with van der Waals surface area (Å²) in [7, 11) is 0. The van der Waals surface area contributed by atoms with Gasteiger partial charge in [-0.15, -0.1) is 21.5 Å². The highest BCUT2D eigenvalue weighted by atomic mass is 32.2. The third kappa shape index (κ3) is 5.06. The molecule has 0 fully saturated rings. The van der Waals surface area contributed by atoms with Crippen LogP contribution in [0.1, 0.15) is 67.2 Å². The summed E-state index contributed by atoms with van der Waals surface area (Å²) in [6.45, 7) is 9.33. The van der Waals surface area contributed by atoms with E-state index in [-0.39, 0.29) is 17.6 Å². The van der Waals surface area contributed by atoms with Crippen molar-refractivity contribution in [2.45, 2.75) is 71.5 Å². The van der Waals surface area contributed by atoms with E-state index in [0.29, 0.717) is 23.1 Å². The molecule has 0 radical (unpaired) electrons. The Kier molecular flexibility index (Phi) is 7.93. The summed E-state index contributed by atoms with van der Waals surface area (Å²) >= 11 is 2.89. The Morgan fingerprint density at radius 1 is 1.30 bits per heavy atom. The van der Waals surface area contributed by atoms with Crippen LogP contribution >= 0.6 is 23.1 Å². The number of hydrogen-bond donors (Lipinski definition) is 1. The third-order valence-corrected chi connectivity index (χ3v) is 7.27. The van der Waals surface area contributed by atoms with Crippen molar-refractivity contribution in [1.82, 2.24) is 14.8 Å². The molecule has 0 aromatic carbocycles. The first-order valence-electron chi connectivity index (χ1n) is 10.6. The Morgan fingerprint density at radius 2 is 2.10 bits per heavy atom. The van der Waals surface area contributed by atoms with E-state index in [4.69, 9.17) is 4.74 Å².